The monoisotopic (exact) mass is 356 g/mol. The van der Waals surface area contributed by atoms with E-state index in [1.165, 1.54) is 70.6 Å². The average molecular weight is 357 g/mol. The first kappa shape index (κ1) is 22.4. The number of cyclic esters (lactones) is 1. The molecule has 4 nitrogen and oxygen atoms in total. The van der Waals surface area contributed by atoms with Crippen molar-refractivity contribution in [2.45, 2.75) is 115 Å². The zero-order chi connectivity index (χ0) is 18.5. The third-order valence-corrected chi connectivity index (χ3v) is 5.62. The van der Waals surface area contributed by atoms with E-state index in [1.54, 1.807) is 6.92 Å². The molecule has 0 bridgehead atoms. The zero-order valence-electron chi connectivity index (χ0n) is 16.5. The molecule has 1 aliphatic heterocycles. The van der Waals surface area contributed by atoms with E-state index in [-0.39, 0.29) is 6.61 Å². The van der Waals surface area contributed by atoms with Crippen molar-refractivity contribution in [1.29, 1.82) is 0 Å². The lowest BCUT2D eigenvalue weighted by Gasteiger charge is -2.27. The van der Waals surface area contributed by atoms with Crippen LogP contribution in [-0.2, 0) is 9.53 Å². The van der Waals surface area contributed by atoms with Crippen LogP contribution in [-0.4, -0.2) is 34.5 Å². The molecule has 2 N–H and O–H groups in total. The number of ether oxygens (including phenoxy) is 1. The quantitative estimate of drug-likeness (QED) is 0.328. The summed E-state index contributed by atoms with van der Waals surface area (Å²) in [6, 6.07) is 0. The number of hydrogen-bond donors (Lipinski definition) is 2. The molecule has 25 heavy (non-hydrogen) atoms. The summed E-state index contributed by atoms with van der Waals surface area (Å²) in [5, 5.41) is 19.3. The molecule has 1 aliphatic rings. The molecular formula is C21H40O4. The minimum absolute atomic E-state index is 0.339. The van der Waals surface area contributed by atoms with Crippen molar-refractivity contribution in [2.75, 3.05) is 6.61 Å². The van der Waals surface area contributed by atoms with Crippen molar-refractivity contribution in [3.05, 3.63) is 0 Å². The van der Waals surface area contributed by atoms with Crippen molar-refractivity contribution in [2.24, 2.45) is 5.92 Å². The second-order valence-electron chi connectivity index (χ2n) is 7.96. The Morgan fingerprint density at radius 3 is 1.72 bits per heavy atom. The van der Waals surface area contributed by atoms with E-state index < -0.39 is 23.6 Å². The van der Waals surface area contributed by atoms with E-state index in [9.17, 15) is 9.90 Å². The van der Waals surface area contributed by atoms with E-state index in [0.29, 0.717) is 6.42 Å². The Hall–Kier alpha value is -0.610. The number of hydrogen-bond acceptors (Lipinski definition) is 4. The molecule has 4 heteroatoms. The van der Waals surface area contributed by atoms with Gasteiger partial charge in [0, 0.05) is 0 Å². The number of esters is 1. The highest BCUT2D eigenvalue weighted by atomic mass is 16.6. The Morgan fingerprint density at radius 1 is 0.880 bits per heavy atom. The molecule has 0 aliphatic carbocycles. The maximum atomic E-state index is 11.6. The second-order valence-corrected chi connectivity index (χ2v) is 7.96. The first-order chi connectivity index (χ1) is 12.0. The second kappa shape index (κ2) is 12.7. The molecule has 1 saturated heterocycles. The van der Waals surface area contributed by atoms with Crippen LogP contribution in [0.5, 0.6) is 0 Å². The van der Waals surface area contributed by atoms with Crippen LogP contribution in [0.3, 0.4) is 0 Å². The van der Waals surface area contributed by atoms with Gasteiger partial charge in [0.25, 0.3) is 0 Å². The Morgan fingerprint density at radius 2 is 1.32 bits per heavy atom. The summed E-state index contributed by atoms with van der Waals surface area (Å²) in [6.45, 7) is 3.70. The fourth-order valence-corrected chi connectivity index (χ4v) is 3.79. The number of rotatable bonds is 15. The predicted molar refractivity (Wildman–Crippen MR) is 101 cm³/mol. The minimum atomic E-state index is -0.887. The summed E-state index contributed by atoms with van der Waals surface area (Å²) in [6.07, 6.45) is 16.7. The maximum Gasteiger partial charge on any atom is 0.314 e. The van der Waals surface area contributed by atoms with Crippen LogP contribution in [0.2, 0.25) is 0 Å². The van der Waals surface area contributed by atoms with E-state index in [4.69, 9.17) is 9.84 Å². The van der Waals surface area contributed by atoms with Gasteiger partial charge in [-0.3, -0.25) is 4.79 Å². The fourth-order valence-electron chi connectivity index (χ4n) is 3.79. The van der Waals surface area contributed by atoms with Gasteiger partial charge in [0.1, 0.15) is 17.6 Å². The molecule has 0 saturated carbocycles. The van der Waals surface area contributed by atoms with Crippen LogP contribution >= 0.6 is 0 Å². The molecule has 148 valence electrons. The van der Waals surface area contributed by atoms with E-state index >= 15 is 0 Å². The van der Waals surface area contributed by atoms with Gasteiger partial charge in [-0.1, -0.05) is 84.0 Å². The summed E-state index contributed by atoms with van der Waals surface area (Å²) in [4.78, 5) is 11.6. The summed E-state index contributed by atoms with van der Waals surface area (Å²) in [7, 11) is 0. The summed E-state index contributed by atoms with van der Waals surface area (Å²) in [5.41, 5.74) is -0.817. The Kier molecular flexibility index (Phi) is 11.4. The molecule has 0 aromatic carbocycles. The van der Waals surface area contributed by atoms with Gasteiger partial charge in [-0.05, 0) is 19.8 Å². The lowest BCUT2D eigenvalue weighted by Crippen LogP contribution is -2.39. The Bertz CT molecular complexity index is 358. The van der Waals surface area contributed by atoms with Gasteiger partial charge in [0.05, 0.1) is 6.61 Å². The first-order valence-electron chi connectivity index (χ1n) is 10.6. The molecule has 3 atom stereocenters. The molecule has 0 amide bonds. The number of carbonyl (C=O) groups is 1. The van der Waals surface area contributed by atoms with Crippen LogP contribution < -0.4 is 0 Å². The summed E-state index contributed by atoms with van der Waals surface area (Å²) < 4.78 is 5.32. The highest BCUT2D eigenvalue weighted by Crippen LogP contribution is 2.35. The molecule has 0 unspecified atom stereocenters. The average Bonchev–Trinajstić information content (AvgIpc) is 2.80. The van der Waals surface area contributed by atoms with Gasteiger partial charge in [0.2, 0.25) is 0 Å². The van der Waals surface area contributed by atoms with Crippen LogP contribution in [0.15, 0.2) is 0 Å². The van der Waals surface area contributed by atoms with Crippen LogP contribution in [0.4, 0.5) is 0 Å². The summed E-state index contributed by atoms with van der Waals surface area (Å²) >= 11 is 0. The zero-order valence-corrected chi connectivity index (χ0v) is 16.5. The number of carbonyl (C=O) groups excluding carboxylic acids is 1. The molecule has 1 heterocycles. The number of aliphatic hydroxyl groups is 2. The van der Waals surface area contributed by atoms with Gasteiger partial charge in [-0.25, -0.2) is 0 Å². The van der Waals surface area contributed by atoms with Gasteiger partial charge in [-0.2, -0.15) is 0 Å². The van der Waals surface area contributed by atoms with Crippen LogP contribution in [0.1, 0.15) is 104 Å². The number of aliphatic hydroxyl groups excluding tert-OH is 2. The molecule has 1 fully saturated rings. The highest BCUT2D eigenvalue weighted by molar-refractivity contribution is 5.76. The third kappa shape index (κ3) is 8.08. The van der Waals surface area contributed by atoms with Crippen molar-refractivity contribution < 1.29 is 19.7 Å². The molecule has 1 rings (SSSR count). The maximum absolute atomic E-state index is 11.6. The predicted octanol–water partition coefficient (Wildman–Crippen LogP) is 4.75. The van der Waals surface area contributed by atoms with E-state index in [0.717, 1.165) is 12.8 Å². The molecular weight excluding hydrogens is 316 g/mol. The van der Waals surface area contributed by atoms with Crippen molar-refractivity contribution in [3.8, 4) is 0 Å². The largest absolute Gasteiger partial charge is 0.456 e. The number of unbranched alkanes of at least 4 members (excludes halogenated alkanes) is 12. The first-order valence-corrected chi connectivity index (χ1v) is 10.6. The molecule has 0 radical (unpaired) electrons. The standard InChI is InChI=1S/C21H40O4/c1-3-4-5-6-7-8-9-10-11-12-13-14-15-16-21(2)19(23)18(17-22)20(24)25-21/h18-19,22-23H,3-17H2,1-2H3/t18-,19-,21+/m0/s1. The van der Waals surface area contributed by atoms with Gasteiger partial charge < -0.3 is 14.9 Å². The topological polar surface area (TPSA) is 66.8 Å². The smallest absolute Gasteiger partial charge is 0.314 e. The minimum Gasteiger partial charge on any atom is -0.456 e. The Balaban J connectivity index is 1.94. The van der Waals surface area contributed by atoms with Crippen molar-refractivity contribution in [1.82, 2.24) is 0 Å². The SMILES string of the molecule is CCCCCCCCCCCCCCC[C@@]1(C)OC(=O)[C@@H](CO)[C@@H]1O. The van der Waals surface area contributed by atoms with Crippen molar-refractivity contribution >= 4 is 5.97 Å². The lowest BCUT2D eigenvalue weighted by atomic mass is 9.87. The van der Waals surface area contributed by atoms with E-state index in [2.05, 4.69) is 6.92 Å². The lowest BCUT2D eigenvalue weighted by molar-refractivity contribution is -0.151. The normalized spacial score (nSPS) is 26.2. The van der Waals surface area contributed by atoms with Gasteiger partial charge >= 0.3 is 5.97 Å². The van der Waals surface area contributed by atoms with Crippen LogP contribution in [0, 0.1) is 5.92 Å². The Labute approximate surface area is 154 Å². The van der Waals surface area contributed by atoms with E-state index in [1.807, 2.05) is 0 Å². The molecule has 0 aromatic heterocycles. The fraction of sp³-hybridized carbons (Fsp3) is 0.952. The van der Waals surface area contributed by atoms with Gasteiger partial charge in [-0.15, -0.1) is 0 Å². The molecule has 0 aromatic rings. The van der Waals surface area contributed by atoms with Gasteiger partial charge in [0.15, 0.2) is 0 Å². The third-order valence-electron chi connectivity index (χ3n) is 5.62. The van der Waals surface area contributed by atoms with Crippen LogP contribution in [0.25, 0.3) is 0 Å². The molecule has 0 spiro atoms. The highest BCUT2D eigenvalue weighted by Gasteiger charge is 2.51. The van der Waals surface area contributed by atoms with Crippen molar-refractivity contribution in [3.63, 3.8) is 0 Å². The summed E-state index contributed by atoms with van der Waals surface area (Å²) in [5.74, 6) is -1.24.